The molecule has 2 aromatic rings. The molecule has 0 unspecified atom stereocenters. The number of aromatic amines is 1. The Balaban J connectivity index is 2.20. The third-order valence-corrected chi connectivity index (χ3v) is 2.62. The molecule has 0 atom stereocenters. The van der Waals surface area contributed by atoms with Gasteiger partial charge in [0.15, 0.2) is 0 Å². The fraction of sp³-hybridized carbons (Fsp3) is 0.100. The lowest BCUT2D eigenvalue weighted by molar-refractivity contribution is 1.24. The van der Waals surface area contributed by atoms with Crippen LogP contribution in [-0.2, 0) is 6.42 Å². The number of H-pyrrole nitrogens is 1. The summed E-state index contributed by atoms with van der Waals surface area (Å²) in [6, 6.07) is 11.8. The van der Waals surface area contributed by atoms with Crippen molar-refractivity contribution in [2.75, 3.05) is 0 Å². The molecule has 1 aromatic carbocycles. The standard InChI is InChI=1S/C10H9NOS/c12-10-7-9(13-11-10)6-8-4-2-1-3-5-8/h1-5,7H,6H2,(H,11,12). The van der Waals surface area contributed by atoms with E-state index in [-0.39, 0.29) is 5.56 Å². The van der Waals surface area contributed by atoms with Crippen molar-refractivity contribution in [2.45, 2.75) is 6.42 Å². The fourth-order valence-corrected chi connectivity index (χ4v) is 1.90. The largest absolute Gasteiger partial charge is 0.278 e. The van der Waals surface area contributed by atoms with Gasteiger partial charge in [0.05, 0.1) is 0 Å². The highest BCUT2D eigenvalue weighted by molar-refractivity contribution is 7.05. The van der Waals surface area contributed by atoms with Gasteiger partial charge in [0.2, 0.25) is 0 Å². The molecule has 13 heavy (non-hydrogen) atoms. The summed E-state index contributed by atoms with van der Waals surface area (Å²) >= 11 is 1.41. The lowest BCUT2D eigenvalue weighted by Gasteiger charge is -1.95. The summed E-state index contributed by atoms with van der Waals surface area (Å²) in [6.45, 7) is 0. The lowest BCUT2D eigenvalue weighted by atomic mass is 10.1. The number of hydrogen-bond acceptors (Lipinski definition) is 2. The van der Waals surface area contributed by atoms with Crippen molar-refractivity contribution in [2.24, 2.45) is 0 Å². The summed E-state index contributed by atoms with van der Waals surface area (Å²) in [4.78, 5) is 11.9. The van der Waals surface area contributed by atoms with E-state index in [2.05, 4.69) is 16.5 Å². The van der Waals surface area contributed by atoms with E-state index in [1.165, 1.54) is 17.1 Å². The Kier molecular flexibility index (Phi) is 2.27. The molecular formula is C10H9NOS. The Bertz CT molecular complexity index is 429. The average Bonchev–Trinajstić information content (AvgIpc) is 2.53. The van der Waals surface area contributed by atoms with Gasteiger partial charge in [-0.05, 0) is 5.56 Å². The molecule has 1 heterocycles. The Labute approximate surface area is 80.0 Å². The monoisotopic (exact) mass is 191 g/mol. The van der Waals surface area contributed by atoms with Gasteiger partial charge in [0, 0.05) is 17.4 Å². The van der Waals surface area contributed by atoms with Crippen LogP contribution in [0.2, 0.25) is 0 Å². The predicted octanol–water partition coefficient (Wildman–Crippen LogP) is 2.03. The Hall–Kier alpha value is -1.35. The molecule has 0 saturated heterocycles. The summed E-state index contributed by atoms with van der Waals surface area (Å²) in [5, 5.41) is 0. The molecule has 0 aliphatic carbocycles. The first-order valence-electron chi connectivity index (χ1n) is 4.06. The zero-order chi connectivity index (χ0) is 9.10. The molecule has 0 fully saturated rings. The molecule has 66 valence electrons. The van der Waals surface area contributed by atoms with E-state index in [9.17, 15) is 4.79 Å². The van der Waals surface area contributed by atoms with Gasteiger partial charge < -0.3 is 0 Å². The molecule has 2 nitrogen and oxygen atoms in total. The molecule has 0 bridgehead atoms. The first-order valence-corrected chi connectivity index (χ1v) is 4.87. The van der Waals surface area contributed by atoms with Crippen molar-refractivity contribution in [3.63, 3.8) is 0 Å². The zero-order valence-corrected chi connectivity index (χ0v) is 7.80. The Morgan fingerprint density at radius 2 is 2.00 bits per heavy atom. The number of benzene rings is 1. The van der Waals surface area contributed by atoms with Crippen molar-refractivity contribution >= 4 is 11.5 Å². The van der Waals surface area contributed by atoms with E-state index in [1.54, 1.807) is 6.07 Å². The van der Waals surface area contributed by atoms with Crippen LogP contribution in [0.3, 0.4) is 0 Å². The molecule has 0 spiro atoms. The smallest absolute Gasteiger partial charge is 0.258 e. The van der Waals surface area contributed by atoms with Crippen LogP contribution in [0.5, 0.6) is 0 Å². The van der Waals surface area contributed by atoms with Gasteiger partial charge in [-0.3, -0.25) is 9.17 Å². The molecule has 0 radical (unpaired) electrons. The van der Waals surface area contributed by atoms with Gasteiger partial charge in [-0.25, -0.2) is 0 Å². The maximum atomic E-state index is 10.8. The topological polar surface area (TPSA) is 32.9 Å². The quantitative estimate of drug-likeness (QED) is 0.774. The molecule has 1 aromatic heterocycles. The molecule has 1 N–H and O–H groups in total. The van der Waals surface area contributed by atoms with E-state index < -0.39 is 0 Å². The maximum absolute atomic E-state index is 10.8. The fourth-order valence-electron chi connectivity index (χ4n) is 1.21. The first-order chi connectivity index (χ1) is 6.34. The van der Waals surface area contributed by atoms with Crippen molar-refractivity contribution < 1.29 is 0 Å². The highest BCUT2D eigenvalue weighted by Crippen LogP contribution is 2.09. The van der Waals surface area contributed by atoms with Crippen LogP contribution in [0.25, 0.3) is 0 Å². The second kappa shape index (κ2) is 3.58. The molecule has 0 aliphatic rings. The van der Waals surface area contributed by atoms with E-state index in [4.69, 9.17) is 0 Å². The van der Waals surface area contributed by atoms with Gasteiger partial charge in [-0.2, -0.15) is 0 Å². The molecule has 3 heteroatoms. The van der Waals surface area contributed by atoms with Crippen LogP contribution < -0.4 is 5.56 Å². The summed E-state index contributed by atoms with van der Waals surface area (Å²) in [5.41, 5.74) is 1.23. The molecular weight excluding hydrogens is 182 g/mol. The van der Waals surface area contributed by atoms with Crippen molar-refractivity contribution in [3.05, 3.63) is 57.2 Å². The minimum absolute atomic E-state index is 0.00377. The third kappa shape index (κ3) is 2.06. The van der Waals surface area contributed by atoms with Crippen LogP contribution in [0.15, 0.2) is 41.2 Å². The number of rotatable bonds is 2. The maximum Gasteiger partial charge on any atom is 0.258 e. The van der Waals surface area contributed by atoms with Gasteiger partial charge >= 0.3 is 0 Å². The van der Waals surface area contributed by atoms with Crippen molar-refractivity contribution in [1.82, 2.24) is 4.37 Å². The Morgan fingerprint density at radius 1 is 1.23 bits per heavy atom. The second-order valence-corrected chi connectivity index (χ2v) is 3.77. The van der Waals surface area contributed by atoms with Crippen LogP contribution in [0.1, 0.15) is 10.4 Å². The van der Waals surface area contributed by atoms with Gasteiger partial charge in [-0.1, -0.05) is 41.9 Å². The number of aromatic nitrogens is 1. The number of nitrogens with one attached hydrogen (secondary N) is 1. The lowest BCUT2D eigenvalue weighted by Crippen LogP contribution is -1.92. The normalized spacial score (nSPS) is 10.2. The van der Waals surface area contributed by atoms with Crippen molar-refractivity contribution in [1.29, 1.82) is 0 Å². The first kappa shape index (κ1) is 8.26. The highest BCUT2D eigenvalue weighted by Gasteiger charge is 1.98. The van der Waals surface area contributed by atoms with E-state index in [0.717, 1.165) is 11.3 Å². The van der Waals surface area contributed by atoms with Crippen LogP contribution in [0.4, 0.5) is 0 Å². The van der Waals surface area contributed by atoms with Crippen LogP contribution in [-0.4, -0.2) is 4.37 Å². The van der Waals surface area contributed by atoms with E-state index in [0.29, 0.717) is 0 Å². The average molecular weight is 191 g/mol. The second-order valence-electron chi connectivity index (χ2n) is 2.84. The molecule has 0 aliphatic heterocycles. The summed E-state index contributed by atoms with van der Waals surface area (Å²) in [6.07, 6.45) is 0.838. The molecule has 0 saturated carbocycles. The van der Waals surface area contributed by atoms with Gasteiger partial charge in [-0.15, -0.1) is 0 Å². The highest BCUT2D eigenvalue weighted by atomic mass is 32.1. The molecule has 0 amide bonds. The van der Waals surface area contributed by atoms with Crippen molar-refractivity contribution in [3.8, 4) is 0 Å². The van der Waals surface area contributed by atoms with E-state index in [1.807, 2.05) is 18.2 Å². The van der Waals surface area contributed by atoms with Crippen LogP contribution >= 0.6 is 11.5 Å². The molecule has 2 rings (SSSR count). The summed E-state index contributed by atoms with van der Waals surface area (Å²) in [7, 11) is 0. The summed E-state index contributed by atoms with van der Waals surface area (Å²) in [5.74, 6) is 0. The minimum Gasteiger partial charge on any atom is -0.278 e. The van der Waals surface area contributed by atoms with E-state index >= 15 is 0 Å². The number of hydrogen-bond donors (Lipinski definition) is 1. The Morgan fingerprint density at radius 3 is 2.62 bits per heavy atom. The zero-order valence-electron chi connectivity index (χ0n) is 6.99. The minimum atomic E-state index is -0.00377. The van der Waals surface area contributed by atoms with Gasteiger partial charge in [0.25, 0.3) is 5.56 Å². The third-order valence-electron chi connectivity index (χ3n) is 1.80. The SMILES string of the molecule is O=c1cc(Cc2ccccc2)s[nH]1. The van der Waals surface area contributed by atoms with Gasteiger partial charge in [0.1, 0.15) is 0 Å². The predicted molar refractivity (Wildman–Crippen MR) is 54.2 cm³/mol. The van der Waals surface area contributed by atoms with Crippen LogP contribution in [0, 0.1) is 0 Å². The summed E-state index contributed by atoms with van der Waals surface area (Å²) < 4.78 is 2.67.